The lowest BCUT2D eigenvalue weighted by atomic mass is 9.63. The molecular formula is C13H16BrNO. The van der Waals surface area contributed by atoms with Crippen LogP contribution < -0.4 is 5.32 Å². The van der Waals surface area contributed by atoms with E-state index in [0.29, 0.717) is 11.5 Å². The van der Waals surface area contributed by atoms with Crippen LogP contribution in [-0.4, -0.2) is 19.2 Å². The van der Waals surface area contributed by atoms with Gasteiger partial charge in [-0.3, -0.25) is 0 Å². The number of ether oxygens (including phenoxy) is 1. The largest absolute Gasteiger partial charge is 0.373 e. The molecule has 1 saturated carbocycles. The van der Waals surface area contributed by atoms with Crippen LogP contribution in [0.1, 0.15) is 18.4 Å². The Kier molecular flexibility index (Phi) is 2.78. The molecular weight excluding hydrogens is 266 g/mol. The summed E-state index contributed by atoms with van der Waals surface area (Å²) >= 11 is 3.43. The van der Waals surface area contributed by atoms with Crippen molar-refractivity contribution >= 4 is 15.9 Å². The fraction of sp³-hybridized carbons (Fsp3) is 0.538. The number of hydrogen-bond donors (Lipinski definition) is 1. The van der Waals surface area contributed by atoms with E-state index in [-0.39, 0.29) is 0 Å². The first-order valence-electron chi connectivity index (χ1n) is 5.83. The van der Waals surface area contributed by atoms with Crippen molar-refractivity contribution in [3.63, 3.8) is 0 Å². The highest BCUT2D eigenvalue weighted by Gasteiger charge is 2.48. The van der Waals surface area contributed by atoms with Crippen molar-refractivity contribution in [2.45, 2.75) is 25.6 Å². The van der Waals surface area contributed by atoms with Crippen molar-refractivity contribution in [3.05, 3.63) is 34.3 Å². The van der Waals surface area contributed by atoms with Crippen molar-refractivity contribution in [1.29, 1.82) is 0 Å². The lowest BCUT2D eigenvalue weighted by Gasteiger charge is -2.54. The van der Waals surface area contributed by atoms with Crippen molar-refractivity contribution in [2.24, 2.45) is 5.41 Å². The number of benzene rings is 1. The summed E-state index contributed by atoms with van der Waals surface area (Å²) in [6.45, 7) is 3.15. The predicted octanol–water partition coefficient (Wildman–Crippen LogP) is 2.72. The summed E-state index contributed by atoms with van der Waals surface area (Å²) in [4.78, 5) is 0. The van der Waals surface area contributed by atoms with Gasteiger partial charge in [-0.1, -0.05) is 28.1 Å². The fourth-order valence-electron chi connectivity index (χ4n) is 2.59. The van der Waals surface area contributed by atoms with Gasteiger partial charge < -0.3 is 10.1 Å². The zero-order chi connectivity index (χ0) is 11.0. The SMILES string of the molecule is Brc1ccc(COC2CC3(CNC3)C2)cc1. The number of rotatable bonds is 3. The lowest BCUT2D eigenvalue weighted by Crippen LogP contribution is -2.62. The van der Waals surface area contributed by atoms with Crippen LogP contribution in [0.2, 0.25) is 0 Å². The van der Waals surface area contributed by atoms with E-state index >= 15 is 0 Å². The molecule has 1 heterocycles. The van der Waals surface area contributed by atoms with Crippen LogP contribution in [0, 0.1) is 5.41 Å². The van der Waals surface area contributed by atoms with Gasteiger partial charge in [-0.25, -0.2) is 0 Å². The highest BCUT2D eigenvalue weighted by Crippen LogP contribution is 2.45. The first-order chi connectivity index (χ1) is 7.76. The summed E-state index contributed by atoms with van der Waals surface area (Å²) in [6.07, 6.45) is 2.98. The van der Waals surface area contributed by atoms with E-state index in [4.69, 9.17) is 4.74 Å². The van der Waals surface area contributed by atoms with Crippen LogP contribution in [0.25, 0.3) is 0 Å². The molecule has 0 bridgehead atoms. The van der Waals surface area contributed by atoms with E-state index in [1.54, 1.807) is 0 Å². The third kappa shape index (κ3) is 2.04. The van der Waals surface area contributed by atoms with Gasteiger partial charge >= 0.3 is 0 Å². The average Bonchev–Trinajstić information content (AvgIpc) is 2.16. The highest BCUT2D eigenvalue weighted by molar-refractivity contribution is 9.10. The van der Waals surface area contributed by atoms with Crippen LogP contribution in [0.5, 0.6) is 0 Å². The molecule has 1 aliphatic heterocycles. The second kappa shape index (κ2) is 4.13. The van der Waals surface area contributed by atoms with E-state index in [1.807, 2.05) is 0 Å². The highest BCUT2D eigenvalue weighted by atomic mass is 79.9. The smallest absolute Gasteiger partial charge is 0.0720 e. The molecule has 1 saturated heterocycles. The Hall–Kier alpha value is -0.380. The molecule has 1 N–H and O–H groups in total. The first kappa shape index (κ1) is 10.8. The predicted molar refractivity (Wildman–Crippen MR) is 67.3 cm³/mol. The minimum Gasteiger partial charge on any atom is -0.373 e. The van der Waals surface area contributed by atoms with Crippen LogP contribution in [0.4, 0.5) is 0 Å². The molecule has 0 unspecified atom stereocenters. The molecule has 1 aromatic carbocycles. The fourth-order valence-corrected chi connectivity index (χ4v) is 2.85. The molecule has 2 fully saturated rings. The maximum atomic E-state index is 5.89. The first-order valence-corrected chi connectivity index (χ1v) is 6.62. The van der Waals surface area contributed by atoms with Crippen LogP contribution in [-0.2, 0) is 11.3 Å². The Morgan fingerprint density at radius 3 is 2.50 bits per heavy atom. The molecule has 2 nitrogen and oxygen atoms in total. The number of nitrogens with one attached hydrogen (secondary N) is 1. The summed E-state index contributed by atoms with van der Waals surface area (Å²) in [5.74, 6) is 0. The minimum absolute atomic E-state index is 0.491. The van der Waals surface area contributed by atoms with Crippen molar-refractivity contribution in [2.75, 3.05) is 13.1 Å². The zero-order valence-electron chi connectivity index (χ0n) is 9.21. The molecule has 0 atom stereocenters. The maximum Gasteiger partial charge on any atom is 0.0720 e. The van der Waals surface area contributed by atoms with Gasteiger partial charge in [0.1, 0.15) is 0 Å². The molecule has 86 valence electrons. The normalized spacial score (nSPS) is 22.8. The topological polar surface area (TPSA) is 21.3 Å². The molecule has 1 aliphatic carbocycles. The van der Waals surface area contributed by atoms with Crippen molar-refractivity contribution < 1.29 is 4.74 Å². The Labute approximate surface area is 105 Å². The number of halogens is 1. The molecule has 0 radical (unpaired) electrons. The summed E-state index contributed by atoms with van der Waals surface area (Å²) in [5, 5.41) is 3.34. The quantitative estimate of drug-likeness (QED) is 0.920. The van der Waals surface area contributed by atoms with Crippen molar-refractivity contribution in [1.82, 2.24) is 5.32 Å². The summed E-state index contributed by atoms with van der Waals surface area (Å²) in [7, 11) is 0. The summed E-state index contributed by atoms with van der Waals surface area (Å²) in [5.41, 5.74) is 1.88. The summed E-state index contributed by atoms with van der Waals surface area (Å²) < 4.78 is 7.02. The van der Waals surface area contributed by atoms with Gasteiger partial charge in [0.2, 0.25) is 0 Å². The van der Waals surface area contributed by atoms with E-state index < -0.39 is 0 Å². The molecule has 0 aromatic heterocycles. The van der Waals surface area contributed by atoms with E-state index in [9.17, 15) is 0 Å². The van der Waals surface area contributed by atoms with Crippen molar-refractivity contribution in [3.8, 4) is 0 Å². The Morgan fingerprint density at radius 1 is 1.25 bits per heavy atom. The zero-order valence-corrected chi connectivity index (χ0v) is 10.8. The third-order valence-corrected chi connectivity index (χ3v) is 4.25. The maximum absolute atomic E-state index is 5.89. The Balaban J connectivity index is 1.45. The van der Waals surface area contributed by atoms with Crippen LogP contribution in [0.15, 0.2) is 28.7 Å². The van der Waals surface area contributed by atoms with Crippen LogP contribution in [0.3, 0.4) is 0 Å². The van der Waals surface area contributed by atoms with Gasteiger partial charge in [0, 0.05) is 23.0 Å². The average molecular weight is 282 g/mol. The second-order valence-corrected chi connectivity index (χ2v) is 5.99. The molecule has 16 heavy (non-hydrogen) atoms. The monoisotopic (exact) mass is 281 g/mol. The van der Waals surface area contributed by atoms with E-state index in [2.05, 4.69) is 45.5 Å². The summed E-state index contributed by atoms with van der Waals surface area (Å²) in [6, 6.07) is 8.36. The van der Waals surface area contributed by atoms with Crippen LogP contribution >= 0.6 is 15.9 Å². The molecule has 3 heteroatoms. The van der Waals surface area contributed by atoms with E-state index in [1.165, 1.54) is 31.5 Å². The van der Waals surface area contributed by atoms with Gasteiger partial charge in [0.25, 0.3) is 0 Å². The molecule has 0 amide bonds. The number of hydrogen-bond acceptors (Lipinski definition) is 2. The van der Waals surface area contributed by atoms with Gasteiger partial charge in [0.15, 0.2) is 0 Å². The molecule has 1 spiro atoms. The Bertz CT molecular complexity index is 364. The lowest BCUT2D eigenvalue weighted by molar-refractivity contribution is -0.109. The van der Waals surface area contributed by atoms with E-state index in [0.717, 1.165) is 11.1 Å². The third-order valence-electron chi connectivity index (χ3n) is 3.72. The molecule has 1 aromatic rings. The molecule has 2 aliphatic rings. The van der Waals surface area contributed by atoms with Gasteiger partial charge in [-0.05, 0) is 30.5 Å². The minimum atomic E-state index is 0.491. The standard InChI is InChI=1S/C13H16BrNO/c14-11-3-1-10(2-4-11)7-16-12-5-13(6-12)8-15-9-13/h1-4,12,15H,5-9H2. The van der Waals surface area contributed by atoms with Gasteiger partial charge in [-0.2, -0.15) is 0 Å². The second-order valence-electron chi connectivity index (χ2n) is 5.07. The van der Waals surface area contributed by atoms with Gasteiger partial charge in [-0.15, -0.1) is 0 Å². The Morgan fingerprint density at radius 2 is 1.94 bits per heavy atom. The van der Waals surface area contributed by atoms with Gasteiger partial charge in [0.05, 0.1) is 12.7 Å². The molecule has 3 rings (SSSR count).